The smallest absolute Gasteiger partial charge is 0.269 e. The second-order valence-electron chi connectivity index (χ2n) is 4.41. The van der Waals surface area contributed by atoms with Crippen molar-refractivity contribution >= 4 is 17.3 Å². The average Bonchev–Trinajstić information content (AvgIpc) is 2.49. The molecule has 0 heterocycles. The number of hydrogen-bond donors (Lipinski definition) is 1. The zero-order valence-corrected chi connectivity index (χ0v) is 11.9. The summed E-state index contributed by atoms with van der Waals surface area (Å²) >= 11 is 6.03. The molecule has 5 nitrogen and oxygen atoms in total. The van der Waals surface area contributed by atoms with Crippen molar-refractivity contribution in [1.82, 2.24) is 0 Å². The molecule has 6 heteroatoms. The molecule has 0 aliphatic rings. The van der Waals surface area contributed by atoms with E-state index in [1.54, 1.807) is 30.3 Å². The third kappa shape index (κ3) is 3.93. The van der Waals surface area contributed by atoms with Gasteiger partial charge in [-0.05, 0) is 11.6 Å². The summed E-state index contributed by atoms with van der Waals surface area (Å²) in [5.41, 5.74) is 1.62. The Bertz CT molecular complexity index is 628. The van der Waals surface area contributed by atoms with E-state index in [2.05, 4.69) is 0 Å². The van der Waals surface area contributed by atoms with Crippen LogP contribution in [-0.4, -0.2) is 16.6 Å². The highest BCUT2D eigenvalue weighted by molar-refractivity contribution is 6.32. The summed E-state index contributed by atoms with van der Waals surface area (Å²) in [6.07, 6.45) is 0.591. The second kappa shape index (κ2) is 7.06. The van der Waals surface area contributed by atoms with Gasteiger partial charge in [0.15, 0.2) is 0 Å². The Balaban J connectivity index is 1.97. The summed E-state index contributed by atoms with van der Waals surface area (Å²) in [7, 11) is 0. The van der Waals surface area contributed by atoms with Crippen LogP contribution in [0.1, 0.15) is 11.1 Å². The maximum absolute atomic E-state index is 10.6. The van der Waals surface area contributed by atoms with E-state index in [1.807, 2.05) is 0 Å². The van der Waals surface area contributed by atoms with Gasteiger partial charge in [-0.3, -0.25) is 10.1 Å². The number of nitro groups is 1. The molecular weight excluding hydrogens is 294 g/mol. The van der Waals surface area contributed by atoms with Crippen molar-refractivity contribution in [3.8, 4) is 5.75 Å². The lowest BCUT2D eigenvalue weighted by Crippen LogP contribution is -2.04. The third-order valence-electron chi connectivity index (χ3n) is 3.00. The minimum absolute atomic E-state index is 0.0633. The van der Waals surface area contributed by atoms with Crippen LogP contribution in [0.15, 0.2) is 42.5 Å². The molecule has 2 aromatic carbocycles. The normalized spacial score (nSPS) is 10.4. The molecule has 0 bridgehead atoms. The van der Waals surface area contributed by atoms with E-state index in [-0.39, 0.29) is 12.3 Å². The monoisotopic (exact) mass is 307 g/mol. The van der Waals surface area contributed by atoms with Crippen LogP contribution in [0.5, 0.6) is 5.75 Å². The lowest BCUT2D eigenvalue weighted by Gasteiger charge is -2.11. The van der Waals surface area contributed by atoms with Crippen molar-refractivity contribution < 1.29 is 14.8 Å². The van der Waals surface area contributed by atoms with Gasteiger partial charge in [0.2, 0.25) is 0 Å². The Morgan fingerprint density at radius 3 is 2.52 bits per heavy atom. The van der Waals surface area contributed by atoms with Gasteiger partial charge in [0, 0.05) is 24.1 Å². The number of ether oxygens (including phenoxy) is 1. The summed E-state index contributed by atoms with van der Waals surface area (Å²) < 4.78 is 5.61. The number of hydrogen-bond acceptors (Lipinski definition) is 4. The van der Waals surface area contributed by atoms with Crippen LogP contribution < -0.4 is 4.74 Å². The Kier molecular flexibility index (Phi) is 5.14. The molecule has 0 amide bonds. The van der Waals surface area contributed by atoms with Gasteiger partial charge in [0.05, 0.1) is 23.2 Å². The maximum atomic E-state index is 10.6. The van der Waals surface area contributed by atoms with Crippen LogP contribution in [0.3, 0.4) is 0 Å². The minimum Gasteiger partial charge on any atom is -0.491 e. The van der Waals surface area contributed by atoms with Crippen molar-refractivity contribution in [3.05, 3.63) is 68.7 Å². The highest BCUT2D eigenvalue weighted by atomic mass is 35.5. The van der Waals surface area contributed by atoms with Crippen molar-refractivity contribution in [2.24, 2.45) is 0 Å². The molecule has 2 rings (SSSR count). The predicted octanol–water partition coefficient (Wildman–Crippen LogP) is 3.36. The number of nitro benzene ring substituents is 1. The van der Waals surface area contributed by atoms with Gasteiger partial charge in [-0.2, -0.15) is 0 Å². The molecule has 0 atom stereocenters. The van der Waals surface area contributed by atoms with E-state index in [9.17, 15) is 15.2 Å². The summed E-state index contributed by atoms with van der Waals surface area (Å²) in [5.74, 6) is 0.476. The van der Waals surface area contributed by atoms with Crippen molar-refractivity contribution in [2.75, 3.05) is 6.61 Å². The molecule has 0 fully saturated rings. The molecule has 0 spiro atoms. The van der Waals surface area contributed by atoms with Gasteiger partial charge in [-0.25, -0.2) is 0 Å². The van der Waals surface area contributed by atoms with E-state index in [0.29, 0.717) is 29.4 Å². The fourth-order valence-corrected chi connectivity index (χ4v) is 2.14. The summed E-state index contributed by atoms with van der Waals surface area (Å²) in [6.45, 7) is 0.224. The molecule has 21 heavy (non-hydrogen) atoms. The first-order valence-corrected chi connectivity index (χ1v) is 6.74. The number of aliphatic hydroxyl groups is 1. The number of nitrogens with zero attached hydrogens (tertiary/aromatic N) is 1. The highest BCUT2D eigenvalue weighted by Gasteiger charge is 2.08. The fourth-order valence-electron chi connectivity index (χ4n) is 1.89. The maximum Gasteiger partial charge on any atom is 0.269 e. The molecule has 0 unspecified atom stereocenters. The molecule has 0 saturated carbocycles. The van der Waals surface area contributed by atoms with Crippen LogP contribution in [0.25, 0.3) is 0 Å². The third-order valence-corrected chi connectivity index (χ3v) is 3.30. The molecule has 0 aliphatic heterocycles. The van der Waals surface area contributed by atoms with Gasteiger partial charge in [0.25, 0.3) is 5.69 Å². The van der Waals surface area contributed by atoms with Crippen LogP contribution >= 0.6 is 11.6 Å². The molecule has 0 radical (unpaired) electrons. The average molecular weight is 308 g/mol. The summed E-state index contributed by atoms with van der Waals surface area (Å²) in [4.78, 5) is 10.1. The van der Waals surface area contributed by atoms with E-state index >= 15 is 0 Å². The van der Waals surface area contributed by atoms with Crippen molar-refractivity contribution in [2.45, 2.75) is 13.0 Å². The highest BCUT2D eigenvalue weighted by Crippen LogP contribution is 2.28. The van der Waals surface area contributed by atoms with E-state index in [0.717, 1.165) is 5.56 Å². The summed E-state index contributed by atoms with van der Waals surface area (Å²) in [6, 6.07) is 11.5. The standard InChI is InChI=1S/C15H14ClNO4/c16-14-3-1-2-12(10-18)15(14)21-9-8-11-4-6-13(7-5-11)17(19)20/h1-7,18H,8-10H2. The first-order chi connectivity index (χ1) is 10.1. The molecule has 110 valence electrons. The van der Waals surface area contributed by atoms with Crippen molar-refractivity contribution in [1.29, 1.82) is 0 Å². The van der Waals surface area contributed by atoms with E-state index < -0.39 is 4.92 Å². The molecule has 0 aromatic heterocycles. The van der Waals surface area contributed by atoms with E-state index in [4.69, 9.17) is 16.3 Å². The van der Waals surface area contributed by atoms with Gasteiger partial charge < -0.3 is 9.84 Å². The molecule has 0 saturated heterocycles. The number of non-ortho nitro benzene ring substituents is 1. The van der Waals surface area contributed by atoms with Gasteiger partial charge in [-0.15, -0.1) is 0 Å². The Hall–Kier alpha value is -2.11. The lowest BCUT2D eigenvalue weighted by molar-refractivity contribution is -0.384. The summed E-state index contributed by atoms with van der Waals surface area (Å²) in [5, 5.41) is 20.3. The predicted molar refractivity (Wildman–Crippen MR) is 79.7 cm³/mol. The Labute approximate surface area is 126 Å². The number of aliphatic hydroxyl groups excluding tert-OH is 1. The second-order valence-corrected chi connectivity index (χ2v) is 4.82. The topological polar surface area (TPSA) is 72.6 Å². The van der Waals surface area contributed by atoms with Crippen LogP contribution in [0.4, 0.5) is 5.69 Å². The quantitative estimate of drug-likeness (QED) is 0.656. The molecule has 0 aliphatic carbocycles. The SMILES string of the molecule is O=[N+]([O-])c1ccc(CCOc2c(Cl)cccc2CO)cc1. The lowest BCUT2D eigenvalue weighted by atomic mass is 10.1. The molecule has 2 aromatic rings. The first kappa shape index (κ1) is 15.3. The largest absolute Gasteiger partial charge is 0.491 e. The van der Waals surface area contributed by atoms with E-state index in [1.165, 1.54) is 12.1 Å². The zero-order chi connectivity index (χ0) is 15.2. The Morgan fingerprint density at radius 2 is 1.90 bits per heavy atom. The number of para-hydroxylation sites is 1. The first-order valence-electron chi connectivity index (χ1n) is 6.36. The number of halogens is 1. The van der Waals surface area contributed by atoms with Crippen LogP contribution in [0.2, 0.25) is 5.02 Å². The fraction of sp³-hybridized carbons (Fsp3) is 0.200. The van der Waals surface area contributed by atoms with Crippen LogP contribution in [0, 0.1) is 10.1 Å². The van der Waals surface area contributed by atoms with Crippen molar-refractivity contribution in [3.63, 3.8) is 0 Å². The van der Waals surface area contributed by atoms with Gasteiger partial charge in [0.1, 0.15) is 5.75 Å². The van der Waals surface area contributed by atoms with Gasteiger partial charge in [-0.1, -0.05) is 35.9 Å². The minimum atomic E-state index is -0.433. The van der Waals surface area contributed by atoms with Crippen LogP contribution in [-0.2, 0) is 13.0 Å². The molecule has 1 N–H and O–H groups in total. The van der Waals surface area contributed by atoms with Gasteiger partial charge >= 0.3 is 0 Å². The molecular formula is C15H14ClNO4. The number of benzene rings is 2. The Morgan fingerprint density at radius 1 is 1.19 bits per heavy atom. The zero-order valence-electron chi connectivity index (χ0n) is 11.2. The number of rotatable bonds is 6.